The zero-order valence-corrected chi connectivity index (χ0v) is 11.7. The first kappa shape index (κ1) is 17.7. The van der Waals surface area contributed by atoms with Crippen molar-refractivity contribution in [3.63, 3.8) is 0 Å². The van der Waals surface area contributed by atoms with Crippen LogP contribution >= 0.6 is 0 Å². The fourth-order valence-electron chi connectivity index (χ4n) is 0. The summed E-state index contributed by atoms with van der Waals surface area (Å²) in [4.78, 5) is 0. The van der Waals surface area contributed by atoms with E-state index in [-0.39, 0.29) is 82.4 Å². The van der Waals surface area contributed by atoms with Gasteiger partial charge in [-0.2, -0.15) is 0 Å². The second kappa shape index (κ2) is 7.31. The van der Waals surface area contributed by atoms with Crippen LogP contribution in [0.1, 0.15) is 1.43 Å². The normalized spacial score (nSPS) is 12.7. The summed E-state index contributed by atoms with van der Waals surface area (Å²) in [6.45, 7) is 0. The summed E-state index contributed by atoms with van der Waals surface area (Å²) in [6.07, 6.45) is 0. The maximum atomic E-state index is 9.23. The topological polar surface area (TPSA) is 94.5 Å². The van der Waals surface area contributed by atoms with Crippen LogP contribution in [-0.2, 0) is 19.3 Å². The van der Waals surface area contributed by atoms with Crippen LogP contribution in [0.25, 0.3) is 0 Å². The van der Waals surface area contributed by atoms with Gasteiger partial charge in [-0.15, -0.1) is 0 Å². The van der Waals surface area contributed by atoms with Crippen molar-refractivity contribution in [1.82, 2.24) is 0 Å². The summed E-state index contributed by atoms with van der Waals surface area (Å²) in [5.74, 6) is 0. The van der Waals surface area contributed by atoms with E-state index >= 15 is 0 Å². The molecule has 0 aliphatic rings. The molecule has 0 rings (SSSR count). The van der Waals surface area contributed by atoms with Gasteiger partial charge in [-0.3, -0.25) is 4.55 Å². The molecule has 0 bridgehead atoms. The third-order valence-corrected chi connectivity index (χ3v) is 1.57. The van der Waals surface area contributed by atoms with Crippen LogP contribution in [0.4, 0.5) is 0 Å². The summed E-state index contributed by atoms with van der Waals surface area (Å²) in [6, 6.07) is 0. The zero-order valence-electron chi connectivity index (χ0n) is 5.90. The van der Waals surface area contributed by atoms with Crippen LogP contribution in [0.3, 0.4) is 0 Å². The maximum absolute atomic E-state index is 9.23. The minimum absolute atomic E-state index is 0. The molecule has 0 aromatic heterocycles. The Morgan fingerprint density at radius 1 is 1.56 bits per heavy atom. The molecule has 9 heteroatoms. The average Bonchev–Trinajstić information content (AvgIpc) is 1.31. The summed E-state index contributed by atoms with van der Waals surface area (Å²) in [5, 5.41) is 0. The second-order valence-electron chi connectivity index (χ2n) is 0.625. The molecule has 1 unspecified atom stereocenters. The van der Waals surface area contributed by atoms with Crippen molar-refractivity contribution in [1.29, 1.82) is 0 Å². The third kappa shape index (κ3) is 10.7. The average molecular weight is 208 g/mol. The molecule has 46 valence electrons. The molecule has 0 radical (unpaired) electrons. The van der Waals surface area contributed by atoms with Crippen LogP contribution in [0, 0.1) is 0 Å². The molecule has 0 aliphatic carbocycles. The first-order valence-electron chi connectivity index (χ1n) is 1.02. The van der Waals surface area contributed by atoms with E-state index in [1.54, 1.807) is 0 Å². The quantitative estimate of drug-likeness (QED) is 0.200. The molecule has 0 aliphatic heterocycles. The molecular formula is H2KNaO5S2. The van der Waals surface area contributed by atoms with Gasteiger partial charge in [-0.1, -0.05) is 0 Å². The van der Waals surface area contributed by atoms with Gasteiger partial charge < -0.3 is 5.98 Å². The minimum atomic E-state index is -4.96. The molecule has 0 heterocycles. The van der Waals surface area contributed by atoms with Gasteiger partial charge in [0.25, 0.3) is 10.1 Å². The van der Waals surface area contributed by atoms with Crippen LogP contribution in [0.5, 0.6) is 0 Å². The van der Waals surface area contributed by atoms with E-state index in [1.807, 2.05) is 0 Å². The Morgan fingerprint density at radius 3 is 1.67 bits per heavy atom. The summed E-state index contributed by atoms with van der Waals surface area (Å²) in [5.41, 5.74) is 0. The predicted octanol–water partition coefficient (Wildman–Crippen LogP) is -7.21. The van der Waals surface area contributed by atoms with Crippen molar-refractivity contribution in [3.8, 4) is 0 Å². The van der Waals surface area contributed by atoms with Crippen molar-refractivity contribution < 1.29 is 104 Å². The Hall–Kier alpha value is 2.66. The molecule has 1 N–H and O–H groups in total. The van der Waals surface area contributed by atoms with Gasteiger partial charge in [0.2, 0.25) is 9.15 Å². The van der Waals surface area contributed by atoms with Crippen molar-refractivity contribution in [2.45, 2.75) is 0 Å². The van der Waals surface area contributed by atoms with Gasteiger partial charge in [0, 0.05) is 0 Å². The molecule has 0 amide bonds. The van der Waals surface area contributed by atoms with E-state index in [4.69, 9.17) is 4.55 Å². The Bertz CT molecular complexity index is 174. The zero-order chi connectivity index (χ0) is 6.08. The first-order chi connectivity index (χ1) is 2.94. The minimum Gasteiger partial charge on any atom is -1.00 e. The summed E-state index contributed by atoms with van der Waals surface area (Å²) in [7, 11) is -8.23. The predicted molar refractivity (Wildman–Crippen MR) is 21.6 cm³/mol. The van der Waals surface area contributed by atoms with E-state index in [1.165, 1.54) is 0 Å². The Labute approximate surface area is 121 Å². The Balaban J connectivity index is -0.0000000600. The van der Waals surface area contributed by atoms with E-state index in [0.29, 0.717) is 0 Å². The van der Waals surface area contributed by atoms with Crippen molar-refractivity contribution in [2.75, 3.05) is 0 Å². The second-order valence-corrected chi connectivity index (χ2v) is 3.96. The standard InChI is InChI=1S/K.Na.H2O5S2.H/c;;1-6(2)7(3,4)5;/h;;(H,1,2)(H,3,4,5);/q2*+1;;-1/p-1. The van der Waals surface area contributed by atoms with Crippen LogP contribution in [0.2, 0.25) is 0 Å². The van der Waals surface area contributed by atoms with Crippen molar-refractivity contribution in [2.24, 2.45) is 0 Å². The van der Waals surface area contributed by atoms with E-state index in [2.05, 4.69) is 0 Å². The maximum Gasteiger partial charge on any atom is 1.00 e. The van der Waals surface area contributed by atoms with Crippen LogP contribution in [-0.4, -0.2) is 21.7 Å². The third-order valence-electron chi connectivity index (χ3n) is 0.175. The summed E-state index contributed by atoms with van der Waals surface area (Å²) >= 11 is 0. The number of hydrogen-bond acceptors (Lipinski definition) is 4. The van der Waals surface area contributed by atoms with Gasteiger partial charge >= 0.3 is 80.9 Å². The van der Waals surface area contributed by atoms with E-state index in [9.17, 15) is 17.2 Å². The fourth-order valence-corrected chi connectivity index (χ4v) is 0. The van der Waals surface area contributed by atoms with Crippen molar-refractivity contribution >= 4 is 19.3 Å². The molecule has 5 nitrogen and oxygen atoms in total. The molecule has 0 saturated carbocycles. The molecule has 0 saturated heterocycles. The fraction of sp³-hybridized carbons (Fsp3) is 0. The molecule has 0 spiro atoms. The van der Waals surface area contributed by atoms with Gasteiger partial charge in [0.05, 0.1) is 0 Å². The summed E-state index contributed by atoms with van der Waals surface area (Å²) < 4.78 is 44.4. The van der Waals surface area contributed by atoms with Gasteiger partial charge in [0.1, 0.15) is 0 Å². The molecule has 0 fully saturated rings. The Kier molecular flexibility index (Phi) is 14.4. The van der Waals surface area contributed by atoms with Crippen molar-refractivity contribution in [3.05, 3.63) is 0 Å². The number of hydrogen-bond donors (Lipinski definition) is 1. The monoisotopic (exact) mass is 208 g/mol. The first-order valence-corrected chi connectivity index (χ1v) is 4.05. The van der Waals surface area contributed by atoms with Crippen LogP contribution < -0.4 is 80.9 Å². The largest absolute Gasteiger partial charge is 1.00 e. The van der Waals surface area contributed by atoms with Gasteiger partial charge in [0.15, 0.2) is 0 Å². The molecular weight excluding hydrogens is 206 g/mol. The SMILES string of the molecule is O=S(O)S(=O)(=O)[O-].[H-].[K+].[Na+]. The van der Waals surface area contributed by atoms with Gasteiger partial charge in [-0.25, -0.2) is 12.6 Å². The Morgan fingerprint density at radius 2 is 1.67 bits per heavy atom. The smallest absolute Gasteiger partial charge is 1.00 e. The molecule has 0 aromatic carbocycles. The molecule has 1 atom stereocenters. The van der Waals surface area contributed by atoms with E-state index < -0.39 is 19.3 Å². The van der Waals surface area contributed by atoms with Crippen LogP contribution in [0.15, 0.2) is 0 Å². The number of rotatable bonds is 1. The van der Waals surface area contributed by atoms with Gasteiger partial charge in [-0.05, 0) is 0 Å². The molecule has 9 heavy (non-hydrogen) atoms. The van der Waals surface area contributed by atoms with E-state index in [0.717, 1.165) is 0 Å². The molecule has 0 aromatic rings.